The Kier molecular flexibility index (Phi) is 0.845. The molecule has 0 aromatic rings. The SMILES string of the molecule is C[C]1CN(C)C1. The van der Waals surface area contributed by atoms with Crippen LogP contribution in [0.1, 0.15) is 6.92 Å². The van der Waals surface area contributed by atoms with E-state index in [-0.39, 0.29) is 0 Å². The maximum Gasteiger partial charge on any atom is 0.00510 e. The molecule has 6 heavy (non-hydrogen) atoms. The van der Waals surface area contributed by atoms with E-state index in [0.29, 0.717) is 0 Å². The van der Waals surface area contributed by atoms with Gasteiger partial charge in [0, 0.05) is 19.0 Å². The third-order valence-corrected chi connectivity index (χ3v) is 1.08. The molecule has 0 amide bonds. The fraction of sp³-hybridized carbons (Fsp3) is 0.800. The van der Waals surface area contributed by atoms with Gasteiger partial charge in [0.05, 0.1) is 0 Å². The minimum Gasteiger partial charge on any atom is -0.305 e. The molecule has 1 aliphatic heterocycles. The van der Waals surface area contributed by atoms with E-state index in [9.17, 15) is 0 Å². The Bertz CT molecular complexity index is 39.9. The fourth-order valence-corrected chi connectivity index (χ4v) is 0.875. The first-order chi connectivity index (χ1) is 2.79. The Balaban J connectivity index is 2.11. The van der Waals surface area contributed by atoms with E-state index < -0.39 is 0 Å². The second-order valence-electron chi connectivity index (χ2n) is 2.13. The first kappa shape index (κ1) is 4.13. The molecular weight excluding hydrogens is 74.1 g/mol. The number of likely N-dealkylation sites (tertiary alicyclic amines) is 1. The summed E-state index contributed by atoms with van der Waals surface area (Å²) in [7, 11) is 2.13. The van der Waals surface area contributed by atoms with Crippen molar-refractivity contribution in [1.29, 1.82) is 0 Å². The first-order valence-corrected chi connectivity index (χ1v) is 2.29. The molecule has 0 saturated carbocycles. The average Bonchev–Trinajstić information content (AvgIpc) is 1.33. The smallest absolute Gasteiger partial charge is 0.00510 e. The summed E-state index contributed by atoms with van der Waals surface area (Å²) in [6.07, 6.45) is 0. The zero-order valence-corrected chi connectivity index (χ0v) is 4.36. The predicted molar refractivity (Wildman–Crippen MR) is 26.4 cm³/mol. The highest BCUT2D eigenvalue weighted by atomic mass is 15.2. The molecule has 0 bridgehead atoms. The molecule has 0 aliphatic carbocycles. The van der Waals surface area contributed by atoms with Crippen LogP contribution in [0.2, 0.25) is 0 Å². The summed E-state index contributed by atoms with van der Waals surface area (Å²) in [5.74, 6) is 1.61. The van der Waals surface area contributed by atoms with Gasteiger partial charge in [-0.2, -0.15) is 0 Å². The van der Waals surface area contributed by atoms with E-state index in [0.717, 1.165) is 0 Å². The molecule has 0 N–H and O–H groups in total. The van der Waals surface area contributed by atoms with E-state index in [1.54, 1.807) is 5.92 Å². The van der Waals surface area contributed by atoms with Gasteiger partial charge in [-0.1, -0.05) is 6.92 Å². The topological polar surface area (TPSA) is 3.24 Å². The lowest BCUT2D eigenvalue weighted by atomic mass is 10.1. The summed E-state index contributed by atoms with van der Waals surface area (Å²) in [4.78, 5) is 2.29. The van der Waals surface area contributed by atoms with Gasteiger partial charge in [-0.15, -0.1) is 0 Å². The van der Waals surface area contributed by atoms with Gasteiger partial charge >= 0.3 is 0 Å². The van der Waals surface area contributed by atoms with Crippen LogP contribution in [0.5, 0.6) is 0 Å². The largest absolute Gasteiger partial charge is 0.305 e. The van der Waals surface area contributed by atoms with Crippen molar-refractivity contribution in [3.8, 4) is 0 Å². The normalized spacial score (nSPS) is 27.0. The van der Waals surface area contributed by atoms with Crippen molar-refractivity contribution in [2.45, 2.75) is 6.92 Å². The van der Waals surface area contributed by atoms with Gasteiger partial charge in [0.25, 0.3) is 0 Å². The zero-order valence-electron chi connectivity index (χ0n) is 4.36. The standard InChI is InChI=1S/C5H10N/c1-5-3-6(2)4-5/h3-4H2,1-2H3. The number of hydrogen-bond acceptors (Lipinski definition) is 1. The van der Waals surface area contributed by atoms with Crippen molar-refractivity contribution in [3.63, 3.8) is 0 Å². The van der Waals surface area contributed by atoms with Crippen LogP contribution in [-0.4, -0.2) is 25.0 Å². The molecule has 1 rings (SSSR count). The highest BCUT2D eigenvalue weighted by Gasteiger charge is 2.17. The second kappa shape index (κ2) is 1.23. The van der Waals surface area contributed by atoms with Crippen LogP contribution in [0, 0.1) is 5.92 Å². The maximum absolute atomic E-state index is 2.29. The third kappa shape index (κ3) is 0.548. The zero-order chi connectivity index (χ0) is 4.57. The number of rotatable bonds is 0. The van der Waals surface area contributed by atoms with Crippen molar-refractivity contribution in [2.24, 2.45) is 0 Å². The van der Waals surface area contributed by atoms with Gasteiger partial charge in [0.1, 0.15) is 0 Å². The lowest BCUT2D eigenvalue weighted by molar-refractivity contribution is 0.263. The monoisotopic (exact) mass is 84.1 g/mol. The van der Waals surface area contributed by atoms with Crippen molar-refractivity contribution in [2.75, 3.05) is 20.1 Å². The Morgan fingerprint density at radius 1 is 1.50 bits per heavy atom. The molecule has 1 radical (unpaired) electrons. The molecule has 0 aromatic carbocycles. The van der Waals surface area contributed by atoms with Crippen LogP contribution in [0.25, 0.3) is 0 Å². The van der Waals surface area contributed by atoms with Gasteiger partial charge in [-0.05, 0) is 7.05 Å². The van der Waals surface area contributed by atoms with Crippen LogP contribution in [0.4, 0.5) is 0 Å². The average molecular weight is 84.1 g/mol. The summed E-state index contributed by atoms with van der Waals surface area (Å²) < 4.78 is 0. The molecule has 0 aromatic heterocycles. The molecular formula is C5H10N. The van der Waals surface area contributed by atoms with E-state index in [2.05, 4.69) is 18.9 Å². The molecule has 0 atom stereocenters. The lowest BCUT2D eigenvalue weighted by Crippen LogP contribution is -2.40. The van der Waals surface area contributed by atoms with Crippen LogP contribution >= 0.6 is 0 Å². The minimum atomic E-state index is 1.22. The van der Waals surface area contributed by atoms with Crippen molar-refractivity contribution in [1.82, 2.24) is 4.90 Å². The Labute approximate surface area is 39.0 Å². The van der Waals surface area contributed by atoms with Gasteiger partial charge in [0.15, 0.2) is 0 Å². The summed E-state index contributed by atoms with van der Waals surface area (Å²) >= 11 is 0. The fourth-order valence-electron chi connectivity index (χ4n) is 0.875. The van der Waals surface area contributed by atoms with E-state index >= 15 is 0 Å². The van der Waals surface area contributed by atoms with Gasteiger partial charge in [0.2, 0.25) is 0 Å². The highest BCUT2D eigenvalue weighted by molar-refractivity contribution is 4.99. The van der Waals surface area contributed by atoms with E-state index in [1.165, 1.54) is 13.1 Å². The van der Waals surface area contributed by atoms with Crippen LogP contribution in [0.15, 0.2) is 0 Å². The molecule has 1 aliphatic rings. The van der Waals surface area contributed by atoms with Crippen molar-refractivity contribution < 1.29 is 0 Å². The molecule has 1 fully saturated rings. The first-order valence-electron chi connectivity index (χ1n) is 2.29. The summed E-state index contributed by atoms with van der Waals surface area (Å²) in [6, 6.07) is 0. The molecule has 1 nitrogen and oxygen atoms in total. The maximum atomic E-state index is 2.29. The Hall–Kier alpha value is -0.0400. The predicted octanol–water partition coefficient (Wildman–Crippen LogP) is 0.526. The molecule has 35 valence electrons. The molecule has 1 heterocycles. The highest BCUT2D eigenvalue weighted by Crippen LogP contribution is 2.11. The Morgan fingerprint density at radius 3 is 2.00 bits per heavy atom. The van der Waals surface area contributed by atoms with Crippen LogP contribution < -0.4 is 0 Å². The Morgan fingerprint density at radius 2 is 2.00 bits per heavy atom. The summed E-state index contributed by atoms with van der Waals surface area (Å²) in [6.45, 7) is 4.64. The second-order valence-corrected chi connectivity index (χ2v) is 2.13. The van der Waals surface area contributed by atoms with Gasteiger partial charge in [-0.25, -0.2) is 0 Å². The minimum absolute atomic E-state index is 1.22. The van der Waals surface area contributed by atoms with Crippen molar-refractivity contribution >= 4 is 0 Å². The van der Waals surface area contributed by atoms with Crippen molar-refractivity contribution in [3.05, 3.63) is 5.92 Å². The molecule has 1 saturated heterocycles. The van der Waals surface area contributed by atoms with E-state index in [4.69, 9.17) is 0 Å². The molecule has 0 spiro atoms. The number of nitrogens with zero attached hydrogens (tertiary/aromatic N) is 1. The quantitative estimate of drug-likeness (QED) is 0.413. The number of hydrogen-bond donors (Lipinski definition) is 0. The molecule has 1 heteroatoms. The summed E-state index contributed by atoms with van der Waals surface area (Å²) in [5.41, 5.74) is 0. The van der Waals surface area contributed by atoms with Crippen LogP contribution in [0.3, 0.4) is 0 Å². The van der Waals surface area contributed by atoms with Crippen LogP contribution in [-0.2, 0) is 0 Å². The van der Waals surface area contributed by atoms with E-state index in [1.807, 2.05) is 0 Å². The molecule has 0 unspecified atom stereocenters. The lowest BCUT2D eigenvalue weighted by Gasteiger charge is -2.32. The van der Waals surface area contributed by atoms with Gasteiger partial charge < -0.3 is 4.90 Å². The summed E-state index contributed by atoms with van der Waals surface area (Å²) in [5, 5.41) is 0. The van der Waals surface area contributed by atoms with Gasteiger partial charge in [-0.3, -0.25) is 0 Å². The third-order valence-electron chi connectivity index (χ3n) is 1.08.